The third-order valence-electron chi connectivity index (χ3n) is 3.99. The molecule has 2 rings (SSSR count). The Morgan fingerprint density at radius 2 is 1.79 bits per heavy atom. The molecule has 2 amide bonds. The number of ether oxygens (including phenoxy) is 1. The van der Waals surface area contributed by atoms with Crippen molar-refractivity contribution in [2.24, 2.45) is 0 Å². The first kappa shape index (κ1) is 21.6. The second kappa shape index (κ2) is 11.2. The van der Waals surface area contributed by atoms with Gasteiger partial charge < -0.3 is 15.4 Å². The number of nitrogens with one attached hydrogen (secondary N) is 2. The lowest BCUT2D eigenvalue weighted by Gasteiger charge is -2.13. The highest BCUT2D eigenvalue weighted by Crippen LogP contribution is 2.17. The lowest BCUT2D eigenvalue weighted by atomic mass is 10.2. The van der Waals surface area contributed by atoms with Gasteiger partial charge in [-0.15, -0.1) is 11.8 Å². The summed E-state index contributed by atoms with van der Waals surface area (Å²) in [4.78, 5) is 25.3. The molecule has 2 aromatic carbocycles. The van der Waals surface area contributed by atoms with Crippen LogP contribution in [0.25, 0.3) is 6.08 Å². The maximum absolute atomic E-state index is 12.1. The Labute approximate surface area is 170 Å². The fraction of sp³-hybridized carbons (Fsp3) is 0.273. The van der Waals surface area contributed by atoms with Crippen molar-refractivity contribution < 1.29 is 14.3 Å². The summed E-state index contributed by atoms with van der Waals surface area (Å²) in [5.41, 5.74) is 2.10. The molecule has 2 N–H and O–H groups in total. The van der Waals surface area contributed by atoms with Crippen molar-refractivity contribution in [3.63, 3.8) is 0 Å². The SMILES string of the molecule is COc1ccc(/C=C/C(=O)NC(C)C(=O)NCCSc2ccc(C)cc2)cc1. The predicted molar refractivity (Wildman–Crippen MR) is 115 cm³/mol. The Balaban J connectivity index is 1.69. The van der Waals surface area contributed by atoms with E-state index < -0.39 is 6.04 Å². The fourth-order valence-corrected chi connectivity index (χ4v) is 3.11. The number of carbonyl (C=O) groups excluding carboxylic acids is 2. The molecule has 0 aliphatic carbocycles. The van der Waals surface area contributed by atoms with Crippen molar-refractivity contribution in [2.75, 3.05) is 19.4 Å². The molecule has 0 bridgehead atoms. The van der Waals surface area contributed by atoms with E-state index in [4.69, 9.17) is 4.74 Å². The minimum Gasteiger partial charge on any atom is -0.497 e. The van der Waals surface area contributed by atoms with Gasteiger partial charge in [-0.1, -0.05) is 29.8 Å². The van der Waals surface area contributed by atoms with Gasteiger partial charge in [0.1, 0.15) is 11.8 Å². The maximum Gasteiger partial charge on any atom is 0.244 e. The molecule has 0 fully saturated rings. The molecule has 0 spiro atoms. The van der Waals surface area contributed by atoms with Crippen LogP contribution in [-0.4, -0.2) is 37.3 Å². The molecule has 28 heavy (non-hydrogen) atoms. The number of thioether (sulfide) groups is 1. The molecule has 2 aromatic rings. The van der Waals surface area contributed by atoms with Crippen LogP contribution in [0.2, 0.25) is 0 Å². The van der Waals surface area contributed by atoms with Crippen LogP contribution in [0, 0.1) is 6.92 Å². The summed E-state index contributed by atoms with van der Waals surface area (Å²) >= 11 is 1.68. The molecule has 0 heterocycles. The van der Waals surface area contributed by atoms with E-state index in [9.17, 15) is 9.59 Å². The second-order valence-corrected chi connectivity index (χ2v) is 7.46. The molecule has 5 nitrogen and oxygen atoms in total. The smallest absolute Gasteiger partial charge is 0.244 e. The highest BCUT2D eigenvalue weighted by molar-refractivity contribution is 7.99. The third-order valence-corrected chi connectivity index (χ3v) is 5.00. The van der Waals surface area contributed by atoms with Gasteiger partial charge in [0.05, 0.1) is 7.11 Å². The van der Waals surface area contributed by atoms with Crippen molar-refractivity contribution in [3.05, 3.63) is 65.7 Å². The normalized spacial score (nSPS) is 11.8. The van der Waals surface area contributed by atoms with Gasteiger partial charge in [-0.25, -0.2) is 0 Å². The van der Waals surface area contributed by atoms with E-state index in [1.807, 2.05) is 24.3 Å². The quantitative estimate of drug-likeness (QED) is 0.386. The lowest BCUT2D eigenvalue weighted by Crippen LogP contribution is -2.44. The van der Waals surface area contributed by atoms with Gasteiger partial charge >= 0.3 is 0 Å². The number of hydrogen-bond donors (Lipinski definition) is 2. The summed E-state index contributed by atoms with van der Waals surface area (Å²) in [5.74, 6) is 1.02. The summed E-state index contributed by atoms with van der Waals surface area (Å²) in [5, 5.41) is 5.51. The molecule has 1 atom stereocenters. The maximum atomic E-state index is 12.1. The zero-order valence-electron chi connectivity index (χ0n) is 16.4. The van der Waals surface area contributed by atoms with E-state index in [1.165, 1.54) is 16.5 Å². The summed E-state index contributed by atoms with van der Waals surface area (Å²) in [7, 11) is 1.60. The summed E-state index contributed by atoms with van der Waals surface area (Å²) in [6.45, 7) is 4.26. The fourth-order valence-electron chi connectivity index (χ4n) is 2.34. The minimum absolute atomic E-state index is 0.198. The van der Waals surface area contributed by atoms with Gasteiger partial charge in [-0.05, 0) is 49.8 Å². The summed E-state index contributed by atoms with van der Waals surface area (Å²) in [6, 6.07) is 15.0. The first-order valence-electron chi connectivity index (χ1n) is 9.08. The van der Waals surface area contributed by atoms with E-state index in [1.54, 1.807) is 31.9 Å². The van der Waals surface area contributed by atoms with Crippen LogP contribution in [-0.2, 0) is 9.59 Å². The number of rotatable bonds is 9. The van der Waals surface area contributed by atoms with Crippen LogP contribution in [0.3, 0.4) is 0 Å². The van der Waals surface area contributed by atoms with Crippen LogP contribution < -0.4 is 15.4 Å². The first-order chi connectivity index (χ1) is 13.5. The zero-order chi connectivity index (χ0) is 20.4. The third kappa shape index (κ3) is 7.48. The van der Waals surface area contributed by atoms with Gasteiger partial charge in [0.2, 0.25) is 11.8 Å². The van der Waals surface area contributed by atoms with Crippen LogP contribution in [0.15, 0.2) is 59.5 Å². The first-order valence-corrected chi connectivity index (χ1v) is 10.1. The average molecular weight is 399 g/mol. The van der Waals surface area contributed by atoms with Gasteiger partial charge in [0.25, 0.3) is 0 Å². The van der Waals surface area contributed by atoms with Crippen molar-refractivity contribution in [1.82, 2.24) is 10.6 Å². The number of carbonyl (C=O) groups is 2. The van der Waals surface area contributed by atoms with Crippen LogP contribution in [0.1, 0.15) is 18.1 Å². The molecule has 0 aromatic heterocycles. The number of methoxy groups -OCH3 is 1. The Hall–Kier alpha value is -2.73. The van der Waals surface area contributed by atoms with Gasteiger partial charge in [0, 0.05) is 23.3 Å². The monoisotopic (exact) mass is 398 g/mol. The van der Waals surface area contributed by atoms with Gasteiger partial charge in [0.15, 0.2) is 0 Å². The standard InChI is InChI=1S/C22H26N2O3S/c1-16-4-11-20(12-5-16)28-15-14-23-22(26)17(2)24-21(25)13-8-18-6-9-19(27-3)10-7-18/h4-13,17H,14-15H2,1-3H3,(H,23,26)(H,24,25)/b13-8+. The van der Waals surface area contributed by atoms with Gasteiger partial charge in [-0.2, -0.15) is 0 Å². The lowest BCUT2D eigenvalue weighted by molar-refractivity contribution is -0.126. The zero-order valence-corrected chi connectivity index (χ0v) is 17.2. The average Bonchev–Trinajstić information content (AvgIpc) is 2.71. The van der Waals surface area contributed by atoms with E-state index in [0.29, 0.717) is 6.54 Å². The molecule has 6 heteroatoms. The highest BCUT2D eigenvalue weighted by atomic mass is 32.2. The van der Waals surface area contributed by atoms with Crippen molar-refractivity contribution in [1.29, 1.82) is 0 Å². The van der Waals surface area contributed by atoms with Gasteiger partial charge in [-0.3, -0.25) is 9.59 Å². The summed E-state index contributed by atoms with van der Waals surface area (Å²) in [6.07, 6.45) is 3.11. The van der Waals surface area contributed by atoms with E-state index >= 15 is 0 Å². The number of aryl methyl sites for hydroxylation is 1. The van der Waals surface area contributed by atoms with Crippen LogP contribution >= 0.6 is 11.8 Å². The molecular weight excluding hydrogens is 372 g/mol. The molecule has 0 saturated carbocycles. The number of amides is 2. The van der Waals surface area contributed by atoms with Crippen LogP contribution in [0.4, 0.5) is 0 Å². The van der Waals surface area contributed by atoms with E-state index in [2.05, 4.69) is 41.8 Å². The Bertz CT molecular complexity index is 802. The van der Waals surface area contributed by atoms with Crippen molar-refractivity contribution in [2.45, 2.75) is 24.8 Å². The molecule has 0 saturated heterocycles. The largest absolute Gasteiger partial charge is 0.497 e. The van der Waals surface area contributed by atoms with E-state index in [0.717, 1.165) is 17.1 Å². The molecule has 1 unspecified atom stereocenters. The number of hydrogen-bond acceptors (Lipinski definition) is 4. The molecule has 0 radical (unpaired) electrons. The summed E-state index contributed by atoms with van der Waals surface area (Å²) < 4.78 is 5.09. The topological polar surface area (TPSA) is 67.4 Å². The molecule has 0 aliphatic rings. The van der Waals surface area contributed by atoms with Crippen LogP contribution in [0.5, 0.6) is 5.75 Å². The molecular formula is C22H26N2O3S. The minimum atomic E-state index is -0.600. The van der Waals surface area contributed by atoms with Crippen molar-refractivity contribution in [3.8, 4) is 5.75 Å². The van der Waals surface area contributed by atoms with E-state index in [-0.39, 0.29) is 11.8 Å². The number of benzene rings is 2. The highest BCUT2D eigenvalue weighted by Gasteiger charge is 2.13. The Morgan fingerprint density at radius 1 is 1.11 bits per heavy atom. The van der Waals surface area contributed by atoms with Crippen molar-refractivity contribution >= 4 is 29.7 Å². The Kier molecular flexibility index (Phi) is 8.62. The Morgan fingerprint density at radius 3 is 2.43 bits per heavy atom. The molecule has 0 aliphatic heterocycles. The second-order valence-electron chi connectivity index (χ2n) is 6.29. The predicted octanol–water partition coefficient (Wildman–Crippen LogP) is 3.43. The molecule has 148 valence electrons.